The zero-order valence-corrected chi connectivity index (χ0v) is 13.1. The van der Waals surface area contributed by atoms with E-state index in [2.05, 4.69) is 30.3 Å². The van der Waals surface area contributed by atoms with Gasteiger partial charge in [-0.25, -0.2) is 0 Å². The molecule has 0 saturated heterocycles. The Hall–Kier alpha value is -1.17. The molecule has 2 aliphatic carbocycles. The van der Waals surface area contributed by atoms with Crippen LogP contribution in [0.5, 0.6) is 0 Å². The van der Waals surface area contributed by atoms with Gasteiger partial charge in [-0.2, -0.15) is 0 Å². The van der Waals surface area contributed by atoms with E-state index in [0.29, 0.717) is 0 Å². The van der Waals surface area contributed by atoms with Crippen molar-refractivity contribution in [2.45, 2.75) is 76.0 Å². The van der Waals surface area contributed by atoms with E-state index in [-0.39, 0.29) is 0 Å². The minimum absolute atomic E-state index is 0.834. The zero-order chi connectivity index (χ0) is 14.1. The lowest BCUT2D eigenvalue weighted by Crippen LogP contribution is -2.05. The molecule has 4 rings (SSSR count). The third kappa shape index (κ3) is 2.54. The average molecular weight is 279 g/mol. The van der Waals surface area contributed by atoms with Crippen molar-refractivity contribution in [2.75, 3.05) is 0 Å². The quantitative estimate of drug-likeness (QED) is 0.539. The highest BCUT2D eigenvalue weighted by Gasteiger charge is 2.20. The van der Waals surface area contributed by atoms with Gasteiger partial charge < -0.3 is 0 Å². The molecule has 0 unspecified atom stereocenters. The molecule has 2 fully saturated rings. The number of benzene rings is 1. The van der Waals surface area contributed by atoms with Gasteiger partial charge in [0.25, 0.3) is 0 Å². The van der Waals surface area contributed by atoms with Crippen molar-refractivity contribution in [3.8, 4) is 0 Å². The fourth-order valence-corrected chi connectivity index (χ4v) is 4.81. The van der Waals surface area contributed by atoms with Crippen LogP contribution >= 0.6 is 0 Å². The molecule has 112 valence electrons. The van der Waals surface area contributed by atoms with Crippen molar-refractivity contribution < 1.29 is 0 Å². The Labute approximate surface area is 128 Å². The third-order valence-corrected chi connectivity index (χ3v) is 5.95. The molecule has 2 aliphatic rings. The number of hydrogen-bond donors (Lipinski definition) is 0. The van der Waals surface area contributed by atoms with Gasteiger partial charge in [0, 0.05) is 0 Å². The van der Waals surface area contributed by atoms with Crippen LogP contribution in [-0.2, 0) is 0 Å². The predicted octanol–water partition coefficient (Wildman–Crippen LogP) is 6.65. The van der Waals surface area contributed by atoms with E-state index < -0.39 is 0 Å². The van der Waals surface area contributed by atoms with Crippen LogP contribution in [-0.4, -0.2) is 0 Å². The van der Waals surface area contributed by atoms with Gasteiger partial charge in [0.05, 0.1) is 0 Å². The summed E-state index contributed by atoms with van der Waals surface area (Å²) in [6.45, 7) is 0. The molecule has 0 spiro atoms. The van der Waals surface area contributed by atoms with Crippen molar-refractivity contribution in [2.24, 2.45) is 0 Å². The molecule has 0 N–H and O–H groups in total. The molecule has 2 aromatic carbocycles. The van der Waals surface area contributed by atoms with Gasteiger partial charge in [0.15, 0.2) is 0 Å². The van der Waals surface area contributed by atoms with E-state index in [1.165, 1.54) is 64.2 Å². The van der Waals surface area contributed by atoms with Crippen LogP contribution in [0.25, 0.3) is 10.8 Å². The molecule has 0 amide bonds. The van der Waals surface area contributed by atoms with Gasteiger partial charge in [-0.1, -0.05) is 56.8 Å². The Balaban J connectivity index is 1.76. The second kappa shape index (κ2) is 5.91. The Morgan fingerprint density at radius 1 is 0.762 bits per heavy atom. The summed E-state index contributed by atoms with van der Waals surface area (Å²) in [5.74, 6) is 1.67. The van der Waals surface area contributed by atoms with Gasteiger partial charge in [-0.3, -0.25) is 0 Å². The van der Waals surface area contributed by atoms with E-state index in [0.717, 1.165) is 11.8 Å². The summed E-state index contributed by atoms with van der Waals surface area (Å²) in [6, 6.07) is 11.9. The van der Waals surface area contributed by atoms with Crippen LogP contribution in [0.1, 0.15) is 87.2 Å². The summed E-state index contributed by atoms with van der Waals surface area (Å²) in [4.78, 5) is 0. The van der Waals surface area contributed by atoms with Crippen molar-refractivity contribution in [1.82, 2.24) is 0 Å². The Morgan fingerprint density at radius 3 is 2.14 bits per heavy atom. The van der Waals surface area contributed by atoms with E-state index in [1.807, 2.05) is 0 Å². The molecular weight excluding hydrogens is 252 g/mol. The molecule has 0 aliphatic heterocycles. The van der Waals surface area contributed by atoms with Crippen molar-refractivity contribution in [3.63, 3.8) is 0 Å². The minimum atomic E-state index is 0.834. The zero-order valence-electron chi connectivity index (χ0n) is 13.1. The molecule has 0 radical (unpaired) electrons. The van der Waals surface area contributed by atoms with Crippen LogP contribution in [0, 0.1) is 0 Å². The number of fused-ring (bicyclic) bond motifs is 1. The predicted molar refractivity (Wildman–Crippen MR) is 91.2 cm³/mol. The highest BCUT2D eigenvalue weighted by molar-refractivity contribution is 5.92. The lowest BCUT2D eigenvalue weighted by molar-refractivity contribution is 0.440. The third-order valence-electron chi connectivity index (χ3n) is 5.95. The topological polar surface area (TPSA) is 0 Å². The average Bonchev–Trinajstić information content (AvgIpc) is 2.96. The lowest BCUT2D eigenvalue weighted by atomic mass is 9.83. The SMILES string of the molecule is c1cc[c-]2c(C3CCCCC3)cc(C3CCCCC3)c2c1. The maximum atomic E-state index is 2.62. The van der Waals surface area contributed by atoms with Crippen LogP contribution in [0.3, 0.4) is 0 Å². The molecule has 2 saturated carbocycles. The van der Waals surface area contributed by atoms with E-state index in [4.69, 9.17) is 0 Å². The van der Waals surface area contributed by atoms with E-state index in [1.54, 1.807) is 21.9 Å². The monoisotopic (exact) mass is 279 g/mol. The minimum Gasteiger partial charge on any atom is -0.145 e. The summed E-state index contributed by atoms with van der Waals surface area (Å²) in [7, 11) is 0. The fourth-order valence-electron chi connectivity index (χ4n) is 4.81. The Bertz CT molecular complexity index is 540. The summed E-state index contributed by atoms with van der Waals surface area (Å²) >= 11 is 0. The lowest BCUT2D eigenvalue weighted by Gasteiger charge is -2.25. The summed E-state index contributed by atoms with van der Waals surface area (Å²) < 4.78 is 0. The van der Waals surface area contributed by atoms with E-state index in [9.17, 15) is 0 Å². The second-order valence-electron chi connectivity index (χ2n) is 7.27. The molecule has 0 atom stereocenters. The largest absolute Gasteiger partial charge is 0.145 e. The van der Waals surface area contributed by atoms with Crippen molar-refractivity contribution in [3.05, 3.63) is 41.5 Å². The summed E-state index contributed by atoms with van der Waals surface area (Å²) in [5.41, 5.74) is 3.37. The smallest absolute Gasteiger partial charge is 0.0301 e. The van der Waals surface area contributed by atoms with Gasteiger partial charge in [0.2, 0.25) is 0 Å². The highest BCUT2D eigenvalue weighted by atomic mass is 14.3. The summed E-state index contributed by atoms with van der Waals surface area (Å²) in [5, 5.41) is 3.15. The number of rotatable bonds is 2. The molecule has 0 bridgehead atoms. The van der Waals surface area contributed by atoms with Crippen LogP contribution in [0.2, 0.25) is 0 Å². The molecular formula is C21H27-. The van der Waals surface area contributed by atoms with Crippen LogP contribution < -0.4 is 0 Å². The standard InChI is InChI=1S/C21H27/c1-3-9-16(10-4-1)20-15-21(17-11-5-2-6-12-17)19-14-8-7-13-18(19)20/h7-8,13-17H,1-6,9-12H2/q-1. The molecule has 0 heteroatoms. The maximum Gasteiger partial charge on any atom is -0.0301 e. The van der Waals surface area contributed by atoms with Crippen LogP contribution in [0.4, 0.5) is 0 Å². The van der Waals surface area contributed by atoms with E-state index >= 15 is 0 Å². The highest BCUT2D eigenvalue weighted by Crippen LogP contribution is 2.43. The van der Waals surface area contributed by atoms with Gasteiger partial charge in [-0.15, -0.1) is 46.8 Å². The first-order valence-corrected chi connectivity index (χ1v) is 9.12. The second-order valence-corrected chi connectivity index (χ2v) is 7.27. The first kappa shape index (κ1) is 13.5. The normalized spacial score (nSPS) is 21.9. The first-order chi connectivity index (χ1) is 10.4. The molecule has 21 heavy (non-hydrogen) atoms. The number of hydrogen-bond acceptors (Lipinski definition) is 0. The van der Waals surface area contributed by atoms with Crippen LogP contribution in [0.15, 0.2) is 30.3 Å². The molecule has 0 nitrogen and oxygen atoms in total. The Kier molecular flexibility index (Phi) is 3.80. The molecule has 0 heterocycles. The molecule has 0 aromatic heterocycles. The molecule has 2 aromatic rings. The van der Waals surface area contributed by atoms with Gasteiger partial charge in [-0.05, 0) is 24.7 Å². The maximum absolute atomic E-state index is 2.62. The van der Waals surface area contributed by atoms with Gasteiger partial charge in [0.1, 0.15) is 0 Å². The van der Waals surface area contributed by atoms with Gasteiger partial charge >= 0.3 is 0 Å². The summed E-state index contributed by atoms with van der Waals surface area (Å²) in [6.07, 6.45) is 14.3. The fraction of sp³-hybridized carbons (Fsp3) is 0.571. The van der Waals surface area contributed by atoms with Crippen molar-refractivity contribution >= 4 is 10.8 Å². The Morgan fingerprint density at radius 2 is 1.43 bits per heavy atom. The van der Waals surface area contributed by atoms with Crippen molar-refractivity contribution in [1.29, 1.82) is 0 Å². The first-order valence-electron chi connectivity index (χ1n) is 9.12.